The fourth-order valence-corrected chi connectivity index (χ4v) is 3.03. The highest BCUT2D eigenvalue weighted by molar-refractivity contribution is 5.66. The number of ether oxygens (including phenoxy) is 1. The van der Waals surface area contributed by atoms with Gasteiger partial charge in [0, 0.05) is 6.42 Å². The molecular weight excluding hydrogens is 288 g/mol. The molecule has 0 bridgehead atoms. The second kappa shape index (κ2) is 13.6. The Hall–Kier alpha value is -0.830. The molecule has 134 valence electrons. The molecule has 3 heteroatoms. The maximum absolute atomic E-state index is 10.4. The molecule has 3 nitrogen and oxygen atoms in total. The molecule has 2 unspecified atom stereocenters. The Bertz CT molecular complexity index is 325. The number of epoxide rings is 1. The van der Waals surface area contributed by atoms with Crippen LogP contribution in [0.5, 0.6) is 0 Å². The van der Waals surface area contributed by atoms with Gasteiger partial charge in [0.15, 0.2) is 0 Å². The van der Waals surface area contributed by atoms with E-state index in [4.69, 9.17) is 9.84 Å². The third kappa shape index (κ3) is 12.3. The molecular formula is C20H36O3. The Morgan fingerprint density at radius 3 is 2.09 bits per heavy atom. The fourth-order valence-electron chi connectivity index (χ4n) is 3.03. The summed E-state index contributed by atoms with van der Waals surface area (Å²) in [5, 5.41) is 8.53. The number of hydrogen-bond acceptors (Lipinski definition) is 2. The molecule has 0 radical (unpaired) electrons. The van der Waals surface area contributed by atoms with Crippen molar-refractivity contribution in [3.05, 3.63) is 12.2 Å². The number of rotatable bonds is 16. The van der Waals surface area contributed by atoms with E-state index in [1.807, 2.05) is 0 Å². The summed E-state index contributed by atoms with van der Waals surface area (Å²) < 4.78 is 5.72. The Balaban J connectivity index is 1.75. The summed E-state index contributed by atoms with van der Waals surface area (Å²) in [5.74, 6) is -0.692. The lowest BCUT2D eigenvalue weighted by molar-refractivity contribution is -0.137. The first-order chi connectivity index (χ1) is 11.2. The number of carboxylic acid groups (broad SMARTS) is 1. The molecule has 1 N–H and O–H groups in total. The van der Waals surface area contributed by atoms with Crippen LogP contribution in [0, 0.1) is 0 Å². The Kier molecular flexibility index (Phi) is 11.9. The first-order valence-electron chi connectivity index (χ1n) is 9.76. The highest BCUT2D eigenvalue weighted by Crippen LogP contribution is 2.31. The van der Waals surface area contributed by atoms with Gasteiger partial charge in [-0.2, -0.15) is 0 Å². The molecule has 0 aromatic carbocycles. The molecule has 23 heavy (non-hydrogen) atoms. The van der Waals surface area contributed by atoms with Gasteiger partial charge in [-0.15, -0.1) is 0 Å². The Labute approximate surface area is 142 Å². The zero-order valence-corrected chi connectivity index (χ0v) is 15.0. The van der Waals surface area contributed by atoms with Crippen LogP contribution in [0.2, 0.25) is 0 Å². The van der Waals surface area contributed by atoms with E-state index in [-0.39, 0.29) is 6.42 Å². The monoisotopic (exact) mass is 324 g/mol. The minimum atomic E-state index is -0.692. The van der Waals surface area contributed by atoms with Crippen LogP contribution in [-0.2, 0) is 9.53 Å². The summed E-state index contributed by atoms with van der Waals surface area (Å²) in [6.45, 7) is 2.25. The van der Waals surface area contributed by atoms with Crippen molar-refractivity contribution in [1.82, 2.24) is 0 Å². The lowest BCUT2D eigenvalue weighted by Gasteiger charge is -1.99. The molecule has 1 aliphatic heterocycles. The van der Waals surface area contributed by atoms with Crippen molar-refractivity contribution in [3.63, 3.8) is 0 Å². The number of allylic oxidation sites excluding steroid dienone is 2. The zero-order chi connectivity index (χ0) is 16.8. The normalized spacial score (nSPS) is 20.2. The van der Waals surface area contributed by atoms with Crippen molar-refractivity contribution in [2.75, 3.05) is 0 Å². The van der Waals surface area contributed by atoms with Gasteiger partial charge in [-0.1, -0.05) is 64.0 Å². The number of hydrogen-bond donors (Lipinski definition) is 1. The van der Waals surface area contributed by atoms with Crippen LogP contribution < -0.4 is 0 Å². The van der Waals surface area contributed by atoms with E-state index in [1.54, 1.807) is 0 Å². The van der Waals surface area contributed by atoms with Gasteiger partial charge in [0.1, 0.15) is 0 Å². The first kappa shape index (κ1) is 20.2. The Morgan fingerprint density at radius 1 is 0.870 bits per heavy atom. The quantitative estimate of drug-likeness (QED) is 0.219. The molecule has 1 saturated heterocycles. The predicted molar refractivity (Wildman–Crippen MR) is 95.7 cm³/mol. The van der Waals surface area contributed by atoms with Crippen LogP contribution in [-0.4, -0.2) is 23.3 Å². The van der Waals surface area contributed by atoms with E-state index in [0.717, 1.165) is 19.3 Å². The summed E-state index contributed by atoms with van der Waals surface area (Å²) in [6.07, 6.45) is 21.7. The van der Waals surface area contributed by atoms with Gasteiger partial charge >= 0.3 is 5.97 Å². The van der Waals surface area contributed by atoms with Crippen LogP contribution in [0.4, 0.5) is 0 Å². The molecule has 1 fully saturated rings. The second-order valence-corrected chi connectivity index (χ2v) is 6.81. The van der Waals surface area contributed by atoms with Gasteiger partial charge in [-0.3, -0.25) is 4.79 Å². The average Bonchev–Trinajstić information content (AvgIpc) is 3.27. The van der Waals surface area contributed by atoms with Gasteiger partial charge in [0.25, 0.3) is 0 Å². The molecule has 0 aromatic heterocycles. The maximum Gasteiger partial charge on any atom is 0.303 e. The minimum absolute atomic E-state index is 0.286. The average molecular weight is 325 g/mol. The third-order valence-electron chi connectivity index (χ3n) is 4.57. The maximum atomic E-state index is 10.4. The van der Waals surface area contributed by atoms with Crippen LogP contribution in [0.25, 0.3) is 0 Å². The molecule has 0 saturated carbocycles. The van der Waals surface area contributed by atoms with Gasteiger partial charge in [0.2, 0.25) is 0 Å². The van der Waals surface area contributed by atoms with E-state index < -0.39 is 5.97 Å². The SMILES string of the molecule is CCCCCC1OC1CCCCCCC/C=C/CCCC(=O)O. The standard InChI is InChI=1S/C20H36O3/c1-2-3-12-15-18-19(23-18)16-13-10-8-6-4-5-7-9-11-14-17-20(21)22/h7,9,18-19H,2-6,8,10-17H2,1H3,(H,21,22)/b9-7+. The number of unbranched alkanes of at least 4 members (excludes halogenated alkanes) is 8. The highest BCUT2D eigenvalue weighted by Gasteiger charge is 2.36. The minimum Gasteiger partial charge on any atom is -0.481 e. The van der Waals surface area contributed by atoms with E-state index >= 15 is 0 Å². The highest BCUT2D eigenvalue weighted by atomic mass is 16.6. The van der Waals surface area contributed by atoms with Crippen LogP contribution >= 0.6 is 0 Å². The summed E-state index contributed by atoms with van der Waals surface area (Å²) in [5.41, 5.74) is 0. The lowest BCUT2D eigenvalue weighted by atomic mass is 10.0. The number of aliphatic carboxylic acids is 1. The van der Waals surface area contributed by atoms with Crippen LogP contribution in [0.1, 0.15) is 96.8 Å². The van der Waals surface area contributed by atoms with Crippen LogP contribution in [0.3, 0.4) is 0 Å². The van der Waals surface area contributed by atoms with Crippen molar-refractivity contribution in [2.24, 2.45) is 0 Å². The predicted octanol–water partition coefficient (Wildman–Crippen LogP) is 5.88. The topological polar surface area (TPSA) is 49.8 Å². The largest absolute Gasteiger partial charge is 0.481 e. The fraction of sp³-hybridized carbons (Fsp3) is 0.850. The van der Waals surface area contributed by atoms with Crippen molar-refractivity contribution in [2.45, 2.75) is 109 Å². The van der Waals surface area contributed by atoms with E-state index in [2.05, 4.69) is 19.1 Å². The van der Waals surface area contributed by atoms with Crippen molar-refractivity contribution in [3.8, 4) is 0 Å². The van der Waals surface area contributed by atoms with Crippen molar-refractivity contribution < 1.29 is 14.6 Å². The van der Waals surface area contributed by atoms with Gasteiger partial charge in [-0.25, -0.2) is 0 Å². The smallest absolute Gasteiger partial charge is 0.303 e. The molecule has 0 amide bonds. The molecule has 0 spiro atoms. The summed E-state index contributed by atoms with van der Waals surface area (Å²) in [7, 11) is 0. The van der Waals surface area contributed by atoms with Crippen molar-refractivity contribution >= 4 is 5.97 Å². The molecule has 1 heterocycles. The third-order valence-corrected chi connectivity index (χ3v) is 4.57. The zero-order valence-electron chi connectivity index (χ0n) is 15.0. The molecule has 0 aliphatic carbocycles. The van der Waals surface area contributed by atoms with Gasteiger partial charge < -0.3 is 9.84 Å². The first-order valence-corrected chi connectivity index (χ1v) is 9.76. The number of carbonyl (C=O) groups is 1. The molecule has 0 aromatic rings. The second-order valence-electron chi connectivity index (χ2n) is 6.81. The van der Waals surface area contributed by atoms with Gasteiger partial charge in [-0.05, 0) is 38.5 Å². The van der Waals surface area contributed by atoms with Crippen molar-refractivity contribution in [1.29, 1.82) is 0 Å². The lowest BCUT2D eigenvalue weighted by Crippen LogP contribution is -1.94. The molecule has 1 rings (SSSR count). The van der Waals surface area contributed by atoms with E-state index in [1.165, 1.54) is 64.2 Å². The molecule has 2 atom stereocenters. The van der Waals surface area contributed by atoms with E-state index in [0.29, 0.717) is 12.2 Å². The van der Waals surface area contributed by atoms with E-state index in [9.17, 15) is 4.79 Å². The summed E-state index contributed by atoms with van der Waals surface area (Å²) >= 11 is 0. The molecule has 1 aliphatic rings. The summed E-state index contributed by atoms with van der Waals surface area (Å²) in [4.78, 5) is 10.4. The Morgan fingerprint density at radius 2 is 1.43 bits per heavy atom. The number of carboxylic acids is 1. The van der Waals surface area contributed by atoms with Crippen LogP contribution in [0.15, 0.2) is 12.2 Å². The van der Waals surface area contributed by atoms with Gasteiger partial charge in [0.05, 0.1) is 12.2 Å². The summed E-state index contributed by atoms with van der Waals surface area (Å²) in [6, 6.07) is 0.